The summed E-state index contributed by atoms with van der Waals surface area (Å²) in [6, 6.07) is 2.34. The predicted octanol–water partition coefficient (Wildman–Crippen LogP) is 2.48. The highest BCUT2D eigenvalue weighted by molar-refractivity contribution is 5.30. The highest BCUT2D eigenvalue weighted by atomic mass is 15.0. The molecule has 0 fully saturated rings. The summed E-state index contributed by atoms with van der Waals surface area (Å²) in [6.45, 7) is 5.48. The van der Waals surface area contributed by atoms with E-state index in [2.05, 4.69) is 36.6 Å². The van der Waals surface area contributed by atoms with Gasteiger partial charge in [0.25, 0.3) is 0 Å². The lowest BCUT2D eigenvalue weighted by Crippen LogP contribution is -2.30. The number of aromatic nitrogens is 1. The third-order valence-electron chi connectivity index (χ3n) is 3.43. The number of hydrogen-bond acceptors (Lipinski definition) is 1. The van der Waals surface area contributed by atoms with Crippen LogP contribution in [0.4, 0.5) is 0 Å². The summed E-state index contributed by atoms with van der Waals surface area (Å²) >= 11 is 0. The number of nitrogens with two attached hydrogens (primary N) is 1. The van der Waals surface area contributed by atoms with Crippen molar-refractivity contribution in [2.24, 2.45) is 11.1 Å². The molecule has 0 radical (unpaired) electrons. The average molecular weight is 216 g/mol. The average Bonchev–Trinajstić information content (AvgIpc) is 2.56. The van der Waals surface area contributed by atoms with Crippen molar-refractivity contribution in [1.29, 1.82) is 0 Å². The molecule has 0 amide bonds. The van der Waals surface area contributed by atoms with Gasteiger partial charge in [-0.1, -0.05) is 13.8 Å². The van der Waals surface area contributed by atoms with Crippen molar-refractivity contribution in [3.63, 3.8) is 0 Å². The minimum Gasteiger partial charge on any atom is -0.350 e. The van der Waals surface area contributed by atoms with Crippen LogP contribution in [0.2, 0.25) is 0 Å². The molecule has 2 N–H and O–H groups in total. The molecule has 1 heterocycles. The van der Waals surface area contributed by atoms with Gasteiger partial charge in [0, 0.05) is 30.9 Å². The molecule has 0 spiro atoms. The second-order valence-corrected chi connectivity index (χ2v) is 5.52. The molecule has 1 aliphatic carbocycles. The van der Waals surface area contributed by atoms with Gasteiger partial charge in [-0.15, -0.1) is 12.3 Å². The SMILES string of the molecule is C#CCCn1ccc2c1CC(C)(C)CC2N. The van der Waals surface area contributed by atoms with Crippen LogP contribution in [0.15, 0.2) is 12.3 Å². The molecule has 2 heteroatoms. The Hall–Kier alpha value is -1.20. The van der Waals surface area contributed by atoms with Crippen LogP contribution in [0.3, 0.4) is 0 Å². The highest BCUT2D eigenvalue weighted by Crippen LogP contribution is 2.39. The zero-order valence-electron chi connectivity index (χ0n) is 10.2. The molecule has 16 heavy (non-hydrogen) atoms. The predicted molar refractivity (Wildman–Crippen MR) is 66.9 cm³/mol. The summed E-state index contributed by atoms with van der Waals surface area (Å²) in [5.41, 5.74) is 9.22. The van der Waals surface area contributed by atoms with Crippen molar-refractivity contribution in [2.45, 2.75) is 45.7 Å². The third-order valence-corrected chi connectivity index (χ3v) is 3.43. The standard InChI is InChI=1S/C14H20N2/c1-4-5-7-16-8-6-11-12(15)9-14(2,3)10-13(11)16/h1,6,8,12H,5,7,9-10,15H2,2-3H3. The van der Waals surface area contributed by atoms with Crippen LogP contribution in [-0.4, -0.2) is 4.57 Å². The van der Waals surface area contributed by atoms with E-state index in [1.807, 2.05) is 0 Å². The van der Waals surface area contributed by atoms with Gasteiger partial charge < -0.3 is 10.3 Å². The molecule has 1 aromatic heterocycles. The van der Waals surface area contributed by atoms with E-state index >= 15 is 0 Å². The van der Waals surface area contributed by atoms with Crippen LogP contribution < -0.4 is 5.73 Å². The van der Waals surface area contributed by atoms with Gasteiger partial charge in [-0.3, -0.25) is 0 Å². The first-order valence-electron chi connectivity index (χ1n) is 5.90. The van der Waals surface area contributed by atoms with E-state index in [0.717, 1.165) is 25.8 Å². The number of terminal acetylenes is 1. The van der Waals surface area contributed by atoms with E-state index in [-0.39, 0.29) is 6.04 Å². The molecule has 0 aromatic carbocycles. The number of rotatable bonds is 2. The molecule has 1 aromatic rings. The van der Waals surface area contributed by atoms with Gasteiger partial charge in [0.15, 0.2) is 0 Å². The Balaban J connectivity index is 2.30. The Morgan fingerprint density at radius 1 is 1.62 bits per heavy atom. The van der Waals surface area contributed by atoms with Gasteiger partial charge in [0.1, 0.15) is 0 Å². The molecular weight excluding hydrogens is 196 g/mol. The monoisotopic (exact) mass is 216 g/mol. The van der Waals surface area contributed by atoms with Crippen molar-refractivity contribution in [3.8, 4) is 12.3 Å². The van der Waals surface area contributed by atoms with Gasteiger partial charge in [-0.2, -0.15) is 0 Å². The van der Waals surface area contributed by atoms with E-state index in [9.17, 15) is 0 Å². The Bertz CT molecular complexity index is 420. The number of nitrogens with zero attached hydrogens (tertiary/aromatic N) is 1. The Morgan fingerprint density at radius 2 is 2.38 bits per heavy atom. The number of hydrogen-bond donors (Lipinski definition) is 1. The van der Waals surface area contributed by atoms with Gasteiger partial charge in [0.2, 0.25) is 0 Å². The second kappa shape index (κ2) is 3.99. The fourth-order valence-corrected chi connectivity index (χ4v) is 2.69. The van der Waals surface area contributed by atoms with E-state index < -0.39 is 0 Å². The molecule has 0 bridgehead atoms. The second-order valence-electron chi connectivity index (χ2n) is 5.52. The first-order chi connectivity index (χ1) is 7.53. The Labute approximate surface area is 97.8 Å². The summed E-state index contributed by atoms with van der Waals surface area (Å²) < 4.78 is 2.27. The maximum Gasteiger partial charge on any atom is 0.0332 e. The molecule has 86 valence electrons. The lowest BCUT2D eigenvalue weighted by Gasteiger charge is -2.34. The third kappa shape index (κ3) is 2.01. The molecular formula is C14H20N2. The fourth-order valence-electron chi connectivity index (χ4n) is 2.69. The molecule has 1 atom stereocenters. The molecule has 2 nitrogen and oxygen atoms in total. The van der Waals surface area contributed by atoms with Crippen molar-refractivity contribution in [1.82, 2.24) is 4.57 Å². The highest BCUT2D eigenvalue weighted by Gasteiger charge is 2.32. The zero-order valence-corrected chi connectivity index (χ0v) is 10.2. The van der Waals surface area contributed by atoms with Crippen molar-refractivity contribution < 1.29 is 0 Å². The molecule has 1 unspecified atom stereocenters. The fraction of sp³-hybridized carbons (Fsp3) is 0.571. The molecule has 0 saturated carbocycles. The first-order valence-corrected chi connectivity index (χ1v) is 5.90. The van der Waals surface area contributed by atoms with Crippen LogP contribution in [0.5, 0.6) is 0 Å². The van der Waals surface area contributed by atoms with Crippen LogP contribution in [0, 0.1) is 17.8 Å². The Morgan fingerprint density at radius 3 is 3.06 bits per heavy atom. The maximum absolute atomic E-state index is 6.21. The minimum absolute atomic E-state index is 0.186. The number of fused-ring (bicyclic) bond motifs is 1. The summed E-state index contributed by atoms with van der Waals surface area (Å²) in [5.74, 6) is 2.69. The van der Waals surface area contributed by atoms with Gasteiger partial charge in [0.05, 0.1) is 0 Å². The molecule has 0 saturated heterocycles. The van der Waals surface area contributed by atoms with Crippen molar-refractivity contribution >= 4 is 0 Å². The van der Waals surface area contributed by atoms with E-state index in [0.29, 0.717) is 5.41 Å². The zero-order chi connectivity index (χ0) is 11.8. The van der Waals surface area contributed by atoms with Crippen molar-refractivity contribution in [2.75, 3.05) is 0 Å². The topological polar surface area (TPSA) is 30.9 Å². The van der Waals surface area contributed by atoms with E-state index in [1.165, 1.54) is 11.3 Å². The van der Waals surface area contributed by atoms with Crippen LogP contribution in [0.25, 0.3) is 0 Å². The molecule has 0 aliphatic heterocycles. The van der Waals surface area contributed by atoms with Crippen LogP contribution in [-0.2, 0) is 13.0 Å². The first kappa shape index (κ1) is 11.3. The summed E-state index contributed by atoms with van der Waals surface area (Å²) in [4.78, 5) is 0. The lowest BCUT2D eigenvalue weighted by atomic mass is 9.74. The van der Waals surface area contributed by atoms with E-state index in [1.54, 1.807) is 0 Å². The smallest absolute Gasteiger partial charge is 0.0332 e. The quantitative estimate of drug-likeness (QED) is 0.756. The molecule has 2 rings (SSSR count). The summed E-state index contributed by atoms with van der Waals surface area (Å²) in [5, 5.41) is 0. The Kier molecular flexibility index (Phi) is 2.82. The van der Waals surface area contributed by atoms with Gasteiger partial charge >= 0.3 is 0 Å². The van der Waals surface area contributed by atoms with Crippen LogP contribution >= 0.6 is 0 Å². The maximum atomic E-state index is 6.21. The number of aryl methyl sites for hydroxylation is 1. The van der Waals surface area contributed by atoms with Crippen LogP contribution in [0.1, 0.15) is 44.0 Å². The molecule has 1 aliphatic rings. The largest absolute Gasteiger partial charge is 0.350 e. The van der Waals surface area contributed by atoms with Crippen molar-refractivity contribution in [3.05, 3.63) is 23.5 Å². The summed E-state index contributed by atoms with van der Waals surface area (Å²) in [7, 11) is 0. The minimum atomic E-state index is 0.186. The lowest BCUT2D eigenvalue weighted by molar-refractivity contribution is 0.275. The van der Waals surface area contributed by atoms with E-state index in [4.69, 9.17) is 12.2 Å². The summed E-state index contributed by atoms with van der Waals surface area (Å²) in [6.07, 6.45) is 10.4. The van der Waals surface area contributed by atoms with Gasteiger partial charge in [-0.05, 0) is 29.9 Å². The van der Waals surface area contributed by atoms with Gasteiger partial charge in [-0.25, -0.2) is 0 Å². The normalized spacial score (nSPS) is 22.5.